The molecule has 0 heterocycles. The molecular weight excluding hydrogens is 232 g/mol. The highest BCUT2D eigenvalue weighted by atomic mass is 79.9. The Labute approximate surface area is 86.0 Å². The van der Waals surface area contributed by atoms with Crippen LogP contribution in [0.4, 0.5) is 0 Å². The Bertz CT molecular complexity index is 323. The monoisotopic (exact) mass is 242 g/mol. The van der Waals surface area contributed by atoms with Crippen LogP contribution >= 0.6 is 15.9 Å². The molecule has 0 unspecified atom stereocenters. The van der Waals surface area contributed by atoms with Gasteiger partial charge >= 0.3 is 0 Å². The minimum absolute atomic E-state index is 0.315. The fraction of sp³-hybridized carbons (Fsp3) is 0.400. The predicted molar refractivity (Wildman–Crippen MR) is 54.1 cm³/mol. The van der Waals surface area contributed by atoms with Crippen LogP contribution in [0.5, 0.6) is 5.75 Å². The Morgan fingerprint density at radius 1 is 1.38 bits per heavy atom. The highest BCUT2D eigenvalue weighted by Crippen LogP contribution is 2.37. The molecule has 1 aliphatic rings. The van der Waals surface area contributed by atoms with E-state index in [9.17, 15) is 0 Å². The van der Waals surface area contributed by atoms with E-state index >= 15 is 0 Å². The standard InChI is InChI=1S/C10H11BrO2/c1-12-6-13-10-8-4-2-7(8)3-5-9(10)11/h3,5H,2,4,6H2,1H3. The van der Waals surface area contributed by atoms with Crippen molar-refractivity contribution in [2.75, 3.05) is 13.9 Å². The number of halogens is 1. The van der Waals surface area contributed by atoms with Gasteiger partial charge in [-0.3, -0.25) is 0 Å². The Morgan fingerprint density at radius 2 is 2.23 bits per heavy atom. The molecule has 0 aromatic heterocycles. The number of aryl methyl sites for hydroxylation is 1. The summed E-state index contributed by atoms with van der Waals surface area (Å²) >= 11 is 3.46. The van der Waals surface area contributed by atoms with E-state index < -0.39 is 0 Å². The maximum absolute atomic E-state index is 5.48. The molecular formula is C10H11BrO2. The van der Waals surface area contributed by atoms with Gasteiger partial charge in [-0.15, -0.1) is 0 Å². The number of hydrogen-bond acceptors (Lipinski definition) is 2. The smallest absolute Gasteiger partial charge is 0.188 e. The quantitative estimate of drug-likeness (QED) is 0.759. The van der Waals surface area contributed by atoms with Gasteiger partial charge in [0.05, 0.1) is 4.47 Å². The molecule has 0 fully saturated rings. The lowest BCUT2D eigenvalue weighted by Gasteiger charge is -2.23. The van der Waals surface area contributed by atoms with Crippen molar-refractivity contribution in [3.05, 3.63) is 27.7 Å². The van der Waals surface area contributed by atoms with Crippen LogP contribution in [-0.4, -0.2) is 13.9 Å². The first kappa shape index (κ1) is 9.03. The fourth-order valence-corrected chi connectivity index (χ4v) is 1.99. The number of ether oxygens (including phenoxy) is 2. The lowest BCUT2D eigenvalue weighted by atomic mass is 9.88. The van der Waals surface area contributed by atoms with Crippen LogP contribution in [0.15, 0.2) is 16.6 Å². The lowest BCUT2D eigenvalue weighted by molar-refractivity contribution is 0.0495. The first-order valence-electron chi connectivity index (χ1n) is 4.25. The van der Waals surface area contributed by atoms with E-state index in [1.54, 1.807) is 7.11 Å². The Kier molecular flexibility index (Phi) is 2.56. The summed E-state index contributed by atoms with van der Waals surface area (Å²) < 4.78 is 11.4. The summed E-state index contributed by atoms with van der Waals surface area (Å²) in [5.74, 6) is 0.950. The van der Waals surface area contributed by atoms with Crippen LogP contribution in [0.2, 0.25) is 0 Å². The van der Waals surface area contributed by atoms with Crippen LogP contribution in [0.3, 0.4) is 0 Å². The number of rotatable bonds is 3. The first-order chi connectivity index (χ1) is 6.33. The molecule has 0 bridgehead atoms. The average Bonchev–Trinajstić information content (AvgIpc) is 2.08. The van der Waals surface area contributed by atoms with Crippen molar-refractivity contribution < 1.29 is 9.47 Å². The van der Waals surface area contributed by atoms with Gasteiger partial charge in [-0.25, -0.2) is 0 Å². The summed E-state index contributed by atoms with van der Waals surface area (Å²) in [4.78, 5) is 0. The van der Waals surface area contributed by atoms with Gasteiger partial charge in [0.1, 0.15) is 5.75 Å². The second-order valence-electron chi connectivity index (χ2n) is 3.07. The summed E-state index contributed by atoms with van der Waals surface area (Å²) in [5, 5.41) is 0. The van der Waals surface area contributed by atoms with E-state index in [0.717, 1.165) is 16.6 Å². The Balaban J connectivity index is 2.27. The minimum atomic E-state index is 0.315. The van der Waals surface area contributed by atoms with Crippen LogP contribution < -0.4 is 4.74 Å². The summed E-state index contributed by atoms with van der Waals surface area (Å²) in [6.45, 7) is 0.315. The van der Waals surface area contributed by atoms with Crippen molar-refractivity contribution in [3.63, 3.8) is 0 Å². The molecule has 2 rings (SSSR count). The molecule has 3 heteroatoms. The van der Waals surface area contributed by atoms with Gasteiger partial charge < -0.3 is 9.47 Å². The first-order valence-corrected chi connectivity index (χ1v) is 5.04. The summed E-state index contributed by atoms with van der Waals surface area (Å²) in [6.07, 6.45) is 2.29. The molecule has 0 saturated heterocycles. The van der Waals surface area contributed by atoms with Gasteiger partial charge in [0, 0.05) is 7.11 Å². The maximum Gasteiger partial charge on any atom is 0.188 e. The van der Waals surface area contributed by atoms with Crippen molar-refractivity contribution in [3.8, 4) is 5.75 Å². The third-order valence-corrected chi connectivity index (χ3v) is 2.90. The summed E-state index contributed by atoms with van der Waals surface area (Å²) in [5.41, 5.74) is 2.72. The predicted octanol–water partition coefficient (Wildman–Crippen LogP) is 2.53. The van der Waals surface area contributed by atoms with Crippen molar-refractivity contribution in [2.24, 2.45) is 0 Å². The third-order valence-electron chi connectivity index (χ3n) is 2.27. The SMILES string of the molecule is COCOc1c(Br)ccc2c1CC2. The zero-order valence-electron chi connectivity index (χ0n) is 7.47. The largest absolute Gasteiger partial charge is 0.466 e. The van der Waals surface area contributed by atoms with E-state index in [4.69, 9.17) is 9.47 Å². The molecule has 0 N–H and O–H groups in total. The van der Waals surface area contributed by atoms with Gasteiger partial charge in [0.2, 0.25) is 0 Å². The molecule has 1 aromatic rings. The van der Waals surface area contributed by atoms with Crippen molar-refractivity contribution >= 4 is 15.9 Å². The number of benzene rings is 1. The second-order valence-corrected chi connectivity index (χ2v) is 3.92. The number of hydrogen-bond donors (Lipinski definition) is 0. The molecule has 70 valence electrons. The van der Waals surface area contributed by atoms with Gasteiger partial charge in [-0.05, 0) is 46.0 Å². The van der Waals surface area contributed by atoms with Crippen molar-refractivity contribution in [1.29, 1.82) is 0 Å². The molecule has 0 atom stereocenters. The molecule has 0 spiro atoms. The Hall–Kier alpha value is -0.540. The molecule has 0 saturated carbocycles. The topological polar surface area (TPSA) is 18.5 Å². The molecule has 1 aromatic carbocycles. The van der Waals surface area contributed by atoms with Gasteiger partial charge in [-0.1, -0.05) is 6.07 Å². The summed E-state index contributed by atoms with van der Waals surface area (Å²) in [6, 6.07) is 4.17. The van der Waals surface area contributed by atoms with Gasteiger partial charge in [0.15, 0.2) is 6.79 Å². The third kappa shape index (κ3) is 1.58. The van der Waals surface area contributed by atoms with Crippen LogP contribution in [0.1, 0.15) is 11.1 Å². The van der Waals surface area contributed by atoms with E-state index in [0.29, 0.717) is 6.79 Å². The maximum atomic E-state index is 5.48. The van der Waals surface area contributed by atoms with Gasteiger partial charge in [0.25, 0.3) is 0 Å². The average molecular weight is 243 g/mol. The van der Waals surface area contributed by atoms with Crippen LogP contribution in [-0.2, 0) is 17.6 Å². The highest BCUT2D eigenvalue weighted by Gasteiger charge is 2.20. The number of methoxy groups -OCH3 is 1. The zero-order chi connectivity index (χ0) is 9.26. The molecule has 2 nitrogen and oxygen atoms in total. The molecule has 0 radical (unpaired) electrons. The molecule has 0 aliphatic heterocycles. The molecule has 13 heavy (non-hydrogen) atoms. The second kappa shape index (κ2) is 3.68. The molecule has 1 aliphatic carbocycles. The minimum Gasteiger partial charge on any atom is -0.466 e. The number of fused-ring (bicyclic) bond motifs is 1. The zero-order valence-corrected chi connectivity index (χ0v) is 9.06. The van der Waals surface area contributed by atoms with E-state index in [2.05, 4.69) is 22.0 Å². The van der Waals surface area contributed by atoms with E-state index in [1.807, 2.05) is 6.07 Å². The lowest BCUT2D eigenvalue weighted by Crippen LogP contribution is -2.12. The van der Waals surface area contributed by atoms with Crippen molar-refractivity contribution in [1.82, 2.24) is 0 Å². The van der Waals surface area contributed by atoms with Crippen LogP contribution in [0, 0.1) is 0 Å². The van der Waals surface area contributed by atoms with E-state index in [-0.39, 0.29) is 0 Å². The van der Waals surface area contributed by atoms with Gasteiger partial charge in [-0.2, -0.15) is 0 Å². The summed E-state index contributed by atoms with van der Waals surface area (Å²) in [7, 11) is 1.63. The Morgan fingerprint density at radius 3 is 2.85 bits per heavy atom. The van der Waals surface area contributed by atoms with Crippen molar-refractivity contribution in [2.45, 2.75) is 12.8 Å². The fourth-order valence-electron chi connectivity index (χ4n) is 1.51. The van der Waals surface area contributed by atoms with E-state index in [1.165, 1.54) is 17.5 Å². The normalized spacial score (nSPS) is 13.4. The van der Waals surface area contributed by atoms with Crippen LogP contribution in [0.25, 0.3) is 0 Å². The molecule has 0 amide bonds. The highest BCUT2D eigenvalue weighted by molar-refractivity contribution is 9.10.